The Bertz CT molecular complexity index is 452. The van der Waals surface area contributed by atoms with Crippen LogP contribution in [0, 0.1) is 5.41 Å². The molecule has 1 fully saturated rings. The van der Waals surface area contributed by atoms with Gasteiger partial charge in [0.1, 0.15) is 17.5 Å². The van der Waals surface area contributed by atoms with Gasteiger partial charge >= 0.3 is 0 Å². The van der Waals surface area contributed by atoms with Gasteiger partial charge in [0.05, 0.1) is 0 Å². The Balaban J connectivity index is 2.03. The molecule has 0 aliphatic heterocycles. The molecule has 0 atom stereocenters. The van der Waals surface area contributed by atoms with E-state index >= 15 is 0 Å². The van der Waals surface area contributed by atoms with E-state index in [1.165, 1.54) is 12.8 Å². The fourth-order valence-corrected chi connectivity index (χ4v) is 2.45. The lowest BCUT2D eigenvalue weighted by atomic mass is 9.93. The van der Waals surface area contributed by atoms with Crippen LogP contribution in [0.3, 0.4) is 0 Å². The zero-order valence-corrected chi connectivity index (χ0v) is 13.3. The van der Waals surface area contributed by atoms with Crippen molar-refractivity contribution in [3.8, 4) is 0 Å². The lowest BCUT2D eigenvalue weighted by molar-refractivity contribution is 0.254. The molecule has 0 spiro atoms. The Morgan fingerprint density at radius 2 is 1.90 bits per heavy atom. The molecule has 1 aliphatic carbocycles. The first-order chi connectivity index (χ1) is 9.39. The van der Waals surface area contributed by atoms with Gasteiger partial charge < -0.3 is 15.5 Å². The molecule has 0 aromatic carbocycles. The molecule has 5 heteroatoms. The average molecular weight is 277 g/mol. The minimum Gasteiger partial charge on any atom is -0.373 e. The van der Waals surface area contributed by atoms with Crippen molar-refractivity contribution in [3.63, 3.8) is 0 Å². The van der Waals surface area contributed by atoms with E-state index in [-0.39, 0.29) is 5.41 Å². The topological polar surface area (TPSA) is 53.1 Å². The predicted octanol–water partition coefficient (Wildman–Crippen LogP) is 2.40. The molecule has 0 bridgehead atoms. The van der Waals surface area contributed by atoms with Crippen LogP contribution in [0.1, 0.15) is 38.4 Å². The number of nitrogens with one attached hydrogen (secondary N) is 2. The molecule has 0 unspecified atom stereocenters. The van der Waals surface area contributed by atoms with Crippen molar-refractivity contribution in [2.24, 2.45) is 5.41 Å². The molecule has 0 saturated heterocycles. The van der Waals surface area contributed by atoms with Crippen molar-refractivity contribution < 1.29 is 0 Å². The first-order valence-corrected chi connectivity index (χ1v) is 7.35. The van der Waals surface area contributed by atoms with E-state index in [9.17, 15) is 0 Å². The smallest absolute Gasteiger partial charge is 0.136 e. The first-order valence-electron chi connectivity index (χ1n) is 7.35. The number of hydrogen-bond acceptors (Lipinski definition) is 5. The molecule has 1 heterocycles. The Labute approximate surface area is 122 Å². The predicted molar refractivity (Wildman–Crippen MR) is 84.4 cm³/mol. The van der Waals surface area contributed by atoms with Crippen molar-refractivity contribution in [1.82, 2.24) is 14.9 Å². The average Bonchev–Trinajstić information content (AvgIpc) is 3.19. The van der Waals surface area contributed by atoms with Crippen LogP contribution in [-0.4, -0.2) is 49.1 Å². The summed E-state index contributed by atoms with van der Waals surface area (Å²) in [5.74, 6) is 3.37. The molecule has 0 radical (unpaired) electrons. The van der Waals surface area contributed by atoms with Gasteiger partial charge in [-0.1, -0.05) is 13.8 Å². The Kier molecular flexibility index (Phi) is 4.48. The van der Waals surface area contributed by atoms with Crippen molar-refractivity contribution in [1.29, 1.82) is 0 Å². The van der Waals surface area contributed by atoms with Gasteiger partial charge in [-0.15, -0.1) is 0 Å². The fraction of sp³-hybridized carbons (Fsp3) is 0.733. The Hall–Kier alpha value is -1.36. The minimum atomic E-state index is 0.202. The summed E-state index contributed by atoms with van der Waals surface area (Å²) in [6.07, 6.45) is 2.44. The summed E-state index contributed by atoms with van der Waals surface area (Å²) in [4.78, 5) is 11.4. The maximum absolute atomic E-state index is 4.65. The minimum absolute atomic E-state index is 0.202. The molecule has 1 aromatic heterocycles. The van der Waals surface area contributed by atoms with Crippen LogP contribution in [0.25, 0.3) is 0 Å². The van der Waals surface area contributed by atoms with Crippen LogP contribution in [0.5, 0.6) is 0 Å². The molecule has 20 heavy (non-hydrogen) atoms. The zero-order chi connectivity index (χ0) is 14.8. The zero-order valence-electron chi connectivity index (χ0n) is 13.3. The molecular formula is C15H27N5. The van der Waals surface area contributed by atoms with E-state index in [1.807, 2.05) is 13.1 Å². The summed E-state index contributed by atoms with van der Waals surface area (Å²) in [6.45, 7) is 6.47. The van der Waals surface area contributed by atoms with Gasteiger partial charge in [0.2, 0.25) is 0 Å². The molecule has 0 amide bonds. The highest BCUT2D eigenvalue weighted by molar-refractivity contribution is 5.48. The van der Waals surface area contributed by atoms with Gasteiger partial charge in [0, 0.05) is 32.1 Å². The highest BCUT2D eigenvalue weighted by atomic mass is 15.1. The highest BCUT2D eigenvalue weighted by Gasteiger charge is 2.27. The third-order valence-corrected chi connectivity index (χ3v) is 3.43. The Morgan fingerprint density at radius 1 is 1.25 bits per heavy atom. The van der Waals surface area contributed by atoms with E-state index in [0.29, 0.717) is 5.92 Å². The standard InChI is InChI=1S/C15H27N5/c1-15(2,10-20(4)5)9-17-13-8-12(16-3)18-14(19-13)11-6-7-11/h8,11H,6-7,9-10H2,1-5H3,(H2,16,17,18,19). The van der Waals surface area contributed by atoms with Crippen LogP contribution >= 0.6 is 0 Å². The summed E-state index contributed by atoms with van der Waals surface area (Å²) in [6, 6.07) is 1.98. The summed E-state index contributed by atoms with van der Waals surface area (Å²) < 4.78 is 0. The molecule has 1 saturated carbocycles. The number of anilines is 2. The van der Waals surface area contributed by atoms with Gasteiger partial charge in [-0.2, -0.15) is 0 Å². The van der Waals surface area contributed by atoms with E-state index < -0.39 is 0 Å². The van der Waals surface area contributed by atoms with E-state index in [2.05, 4.69) is 53.4 Å². The number of hydrogen-bond donors (Lipinski definition) is 2. The van der Waals surface area contributed by atoms with Crippen molar-refractivity contribution in [2.45, 2.75) is 32.6 Å². The summed E-state index contributed by atoms with van der Waals surface area (Å²) >= 11 is 0. The van der Waals surface area contributed by atoms with Crippen LogP contribution in [0.2, 0.25) is 0 Å². The number of aromatic nitrogens is 2. The van der Waals surface area contributed by atoms with Gasteiger partial charge in [0.25, 0.3) is 0 Å². The molecule has 2 rings (SSSR count). The summed E-state index contributed by atoms with van der Waals surface area (Å²) in [5.41, 5.74) is 0.202. The summed E-state index contributed by atoms with van der Waals surface area (Å²) in [5, 5.41) is 6.59. The SMILES string of the molecule is CNc1cc(NCC(C)(C)CN(C)C)nc(C2CC2)n1. The molecule has 2 N–H and O–H groups in total. The Morgan fingerprint density at radius 3 is 2.45 bits per heavy atom. The molecular weight excluding hydrogens is 250 g/mol. The quantitative estimate of drug-likeness (QED) is 0.801. The van der Waals surface area contributed by atoms with Gasteiger partial charge in [0.15, 0.2) is 0 Å². The molecule has 1 aromatic rings. The largest absolute Gasteiger partial charge is 0.373 e. The first kappa shape index (κ1) is 15.0. The van der Waals surface area contributed by atoms with E-state index in [4.69, 9.17) is 0 Å². The maximum Gasteiger partial charge on any atom is 0.136 e. The van der Waals surface area contributed by atoms with Crippen molar-refractivity contribution in [3.05, 3.63) is 11.9 Å². The second-order valence-corrected chi connectivity index (χ2v) is 6.78. The van der Waals surface area contributed by atoms with Gasteiger partial charge in [-0.3, -0.25) is 0 Å². The fourth-order valence-electron chi connectivity index (χ4n) is 2.45. The lowest BCUT2D eigenvalue weighted by Gasteiger charge is -2.28. The van der Waals surface area contributed by atoms with Crippen molar-refractivity contribution in [2.75, 3.05) is 44.9 Å². The summed E-state index contributed by atoms with van der Waals surface area (Å²) in [7, 11) is 6.12. The normalized spacial score (nSPS) is 15.5. The van der Waals surface area contributed by atoms with Crippen LogP contribution < -0.4 is 10.6 Å². The molecule has 1 aliphatic rings. The van der Waals surface area contributed by atoms with Crippen molar-refractivity contribution >= 4 is 11.6 Å². The van der Waals surface area contributed by atoms with Crippen LogP contribution in [-0.2, 0) is 0 Å². The highest BCUT2D eigenvalue weighted by Crippen LogP contribution is 2.38. The van der Waals surface area contributed by atoms with E-state index in [0.717, 1.165) is 30.5 Å². The van der Waals surface area contributed by atoms with Crippen LogP contribution in [0.15, 0.2) is 6.07 Å². The molecule has 5 nitrogen and oxygen atoms in total. The number of nitrogens with zero attached hydrogens (tertiary/aromatic N) is 3. The lowest BCUT2D eigenvalue weighted by Crippen LogP contribution is -2.34. The second-order valence-electron chi connectivity index (χ2n) is 6.78. The van der Waals surface area contributed by atoms with Crippen LogP contribution in [0.4, 0.5) is 11.6 Å². The van der Waals surface area contributed by atoms with Gasteiger partial charge in [-0.05, 0) is 32.4 Å². The van der Waals surface area contributed by atoms with E-state index in [1.54, 1.807) is 0 Å². The number of rotatable bonds is 7. The third-order valence-electron chi connectivity index (χ3n) is 3.43. The maximum atomic E-state index is 4.65. The third kappa shape index (κ3) is 4.34. The molecule has 112 valence electrons. The monoisotopic (exact) mass is 277 g/mol. The second kappa shape index (κ2) is 5.95. The van der Waals surface area contributed by atoms with Gasteiger partial charge in [-0.25, -0.2) is 9.97 Å².